The zero-order chi connectivity index (χ0) is 31.7. The van der Waals surface area contributed by atoms with Crippen LogP contribution in [0.3, 0.4) is 0 Å². The highest BCUT2D eigenvalue weighted by atomic mass is 16.6. The van der Waals surface area contributed by atoms with Gasteiger partial charge in [0.1, 0.15) is 17.7 Å². The van der Waals surface area contributed by atoms with Crippen molar-refractivity contribution in [2.24, 2.45) is 11.8 Å². The number of anilines is 1. The lowest BCUT2D eigenvalue weighted by Crippen LogP contribution is -2.48. The van der Waals surface area contributed by atoms with Crippen LogP contribution in [0.25, 0.3) is 0 Å². The molecule has 1 saturated heterocycles. The highest BCUT2D eigenvalue weighted by molar-refractivity contribution is 5.89. The summed E-state index contributed by atoms with van der Waals surface area (Å²) in [5.41, 5.74) is 1.09. The first-order valence-corrected chi connectivity index (χ1v) is 15.3. The monoisotopic (exact) mass is 603 g/mol. The third kappa shape index (κ3) is 11.4. The second-order valence-corrected chi connectivity index (χ2v) is 13.0. The van der Waals surface area contributed by atoms with Crippen molar-refractivity contribution in [2.45, 2.75) is 90.5 Å². The number of nitrogens with one attached hydrogen (secondary N) is 1. The quantitative estimate of drug-likeness (QED) is 0.286. The Balaban J connectivity index is 1.78. The second kappa shape index (κ2) is 15.5. The van der Waals surface area contributed by atoms with Crippen LogP contribution in [0.1, 0.15) is 65.9 Å². The Morgan fingerprint density at radius 1 is 1.09 bits per heavy atom. The molecular weight excluding hydrogens is 554 g/mol. The number of carboxylic acids is 1. The summed E-state index contributed by atoms with van der Waals surface area (Å²) in [5, 5.41) is 12.5. The number of aliphatic carboxylic acids is 1. The van der Waals surface area contributed by atoms with Crippen molar-refractivity contribution in [2.75, 3.05) is 44.8 Å². The average molecular weight is 604 g/mol. The number of rotatable bonds is 15. The molecule has 240 valence electrons. The average Bonchev–Trinajstić information content (AvgIpc) is 3.77. The Labute approximate surface area is 255 Å². The lowest BCUT2D eigenvalue weighted by Gasteiger charge is -2.31. The molecule has 2 aliphatic rings. The van der Waals surface area contributed by atoms with Crippen molar-refractivity contribution in [3.8, 4) is 0 Å². The number of ether oxygens (including phenoxy) is 3. The zero-order valence-electron chi connectivity index (χ0n) is 26.5. The topological polar surface area (TPSA) is 135 Å². The van der Waals surface area contributed by atoms with Crippen LogP contribution in [0.4, 0.5) is 10.5 Å². The highest BCUT2D eigenvalue weighted by Crippen LogP contribution is 2.35. The van der Waals surface area contributed by atoms with E-state index >= 15 is 0 Å². The number of benzene rings is 1. The van der Waals surface area contributed by atoms with E-state index in [2.05, 4.69) is 10.2 Å². The van der Waals surface area contributed by atoms with Crippen molar-refractivity contribution in [1.82, 2.24) is 10.2 Å². The molecule has 11 heteroatoms. The minimum absolute atomic E-state index is 0.105. The Morgan fingerprint density at radius 3 is 2.26 bits per heavy atom. The second-order valence-electron chi connectivity index (χ2n) is 13.0. The largest absolute Gasteiger partial charge is 0.480 e. The van der Waals surface area contributed by atoms with Gasteiger partial charge < -0.3 is 24.2 Å². The van der Waals surface area contributed by atoms with E-state index in [-0.39, 0.29) is 18.9 Å². The fourth-order valence-electron chi connectivity index (χ4n) is 4.94. The van der Waals surface area contributed by atoms with E-state index < -0.39 is 47.6 Å². The molecule has 11 nitrogen and oxygen atoms in total. The van der Waals surface area contributed by atoms with Gasteiger partial charge in [0.15, 0.2) is 11.9 Å². The predicted octanol–water partition coefficient (Wildman–Crippen LogP) is 3.67. The molecule has 1 aliphatic carbocycles. The molecule has 3 atom stereocenters. The summed E-state index contributed by atoms with van der Waals surface area (Å²) < 4.78 is 16.8. The summed E-state index contributed by atoms with van der Waals surface area (Å²) in [6, 6.07) is 5.92. The number of esters is 1. The lowest BCUT2D eigenvalue weighted by molar-refractivity contribution is -0.160. The van der Waals surface area contributed by atoms with Crippen molar-refractivity contribution < 1.29 is 38.5 Å². The number of Topliss-reactive ketones (excluding diaryl/α,β-unsaturated/α-hetero) is 1. The molecule has 1 amide bonds. The van der Waals surface area contributed by atoms with Crippen LogP contribution in [0.2, 0.25) is 0 Å². The van der Waals surface area contributed by atoms with E-state index in [4.69, 9.17) is 14.2 Å². The molecule has 2 fully saturated rings. The number of carbonyl (C=O) groups is 4. The van der Waals surface area contributed by atoms with E-state index in [0.717, 1.165) is 37.2 Å². The van der Waals surface area contributed by atoms with Gasteiger partial charge in [-0.25, -0.2) is 9.59 Å². The Morgan fingerprint density at radius 2 is 1.72 bits per heavy atom. The molecular formula is C32H49N3O8. The predicted molar refractivity (Wildman–Crippen MR) is 162 cm³/mol. The normalized spacial score (nSPS) is 17.6. The molecule has 2 N–H and O–H groups in total. The molecule has 3 rings (SSSR count). The number of morpholine rings is 1. The molecule has 0 aromatic heterocycles. The summed E-state index contributed by atoms with van der Waals surface area (Å²) >= 11 is 0. The maximum Gasteiger partial charge on any atom is 0.410 e. The Bertz CT molecular complexity index is 1090. The van der Waals surface area contributed by atoms with Crippen LogP contribution in [0.5, 0.6) is 0 Å². The third-order valence-corrected chi connectivity index (χ3v) is 7.55. The Hall–Kier alpha value is -3.18. The lowest BCUT2D eigenvalue weighted by atomic mass is 10.0. The molecule has 1 saturated carbocycles. The van der Waals surface area contributed by atoms with Crippen LogP contribution in [-0.2, 0) is 35.0 Å². The number of carbonyl (C=O) groups excluding carboxylic acids is 3. The summed E-state index contributed by atoms with van der Waals surface area (Å²) in [5.74, 6) is -1.77. The zero-order valence-corrected chi connectivity index (χ0v) is 26.5. The van der Waals surface area contributed by atoms with Gasteiger partial charge in [0, 0.05) is 32.2 Å². The fourth-order valence-corrected chi connectivity index (χ4v) is 4.94. The van der Waals surface area contributed by atoms with Crippen molar-refractivity contribution in [3.63, 3.8) is 0 Å². The number of likely N-dealkylation sites (N-methyl/N-ethyl adjacent to an activating group) is 1. The number of nitrogens with zero attached hydrogens (tertiary/aromatic N) is 2. The first kappa shape index (κ1) is 34.3. The summed E-state index contributed by atoms with van der Waals surface area (Å²) in [7, 11) is 1.51. The number of carboxylic acid groups (broad SMARTS) is 1. The summed E-state index contributed by atoms with van der Waals surface area (Å²) in [4.78, 5) is 55.2. The van der Waals surface area contributed by atoms with E-state index in [1.54, 1.807) is 20.8 Å². The smallest absolute Gasteiger partial charge is 0.410 e. The Kier molecular flexibility index (Phi) is 12.4. The minimum atomic E-state index is -1.17. The molecule has 1 aromatic rings. The standard InChI is InChI=1S/C32H49N3O8/c1-21(2)17-25(29(37)38)33-20-27(36)28(19-23-9-11-24(12-10-23)35-13-15-41-16-14-35)42-30(39)26(18-22-7-8-22)34(6)31(40)43-32(3,4)5/h9-12,21-22,25-26,28,33H,7-8,13-20H2,1-6H3,(H,37,38)/t25-,26-,28+/m0/s1. The van der Waals surface area contributed by atoms with Gasteiger partial charge in [-0.1, -0.05) is 38.8 Å². The molecule has 1 aromatic carbocycles. The molecule has 1 aliphatic heterocycles. The third-order valence-electron chi connectivity index (χ3n) is 7.55. The number of ketones is 1. The molecule has 0 unspecified atom stereocenters. The molecule has 1 heterocycles. The van der Waals surface area contributed by atoms with Gasteiger partial charge in [-0.2, -0.15) is 0 Å². The number of amides is 1. The van der Waals surface area contributed by atoms with Crippen LogP contribution >= 0.6 is 0 Å². The van der Waals surface area contributed by atoms with E-state index in [9.17, 15) is 24.3 Å². The van der Waals surface area contributed by atoms with Gasteiger partial charge in [0.2, 0.25) is 0 Å². The first-order valence-electron chi connectivity index (χ1n) is 15.3. The van der Waals surface area contributed by atoms with E-state index in [0.29, 0.717) is 32.0 Å². The maximum absolute atomic E-state index is 13.6. The van der Waals surface area contributed by atoms with E-state index in [1.165, 1.54) is 11.9 Å². The molecule has 0 spiro atoms. The van der Waals surface area contributed by atoms with Crippen molar-refractivity contribution in [1.29, 1.82) is 0 Å². The van der Waals surface area contributed by atoms with Gasteiger partial charge >= 0.3 is 18.0 Å². The highest BCUT2D eigenvalue weighted by Gasteiger charge is 2.38. The van der Waals surface area contributed by atoms with Crippen LogP contribution in [0.15, 0.2) is 24.3 Å². The van der Waals surface area contributed by atoms with Gasteiger partial charge in [-0.05, 0) is 63.1 Å². The van der Waals surface area contributed by atoms with Crippen LogP contribution in [0, 0.1) is 11.8 Å². The first-order chi connectivity index (χ1) is 20.2. The van der Waals surface area contributed by atoms with Gasteiger partial charge in [-0.15, -0.1) is 0 Å². The van der Waals surface area contributed by atoms with Crippen LogP contribution < -0.4 is 10.2 Å². The van der Waals surface area contributed by atoms with Gasteiger partial charge in [0.05, 0.1) is 19.8 Å². The van der Waals surface area contributed by atoms with Gasteiger partial charge in [0.25, 0.3) is 0 Å². The molecule has 0 radical (unpaired) electrons. The fraction of sp³-hybridized carbons (Fsp3) is 0.688. The van der Waals surface area contributed by atoms with Crippen LogP contribution in [-0.4, -0.2) is 97.5 Å². The van der Waals surface area contributed by atoms with E-state index in [1.807, 2.05) is 38.1 Å². The number of hydrogen-bond donors (Lipinski definition) is 2. The summed E-state index contributed by atoms with van der Waals surface area (Å²) in [6.45, 7) is 11.7. The molecule has 43 heavy (non-hydrogen) atoms. The SMILES string of the molecule is CC(C)C[C@H](NCC(=O)[C@@H](Cc1ccc(N2CCOCC2)cc1)OC(=O)[C@H](CC1CC1)N(C)C(=O)OC(C)(C)C)C(=O)O. The van der Waals surface area contributed by atoms with Gasteiger partial charge in [-0.3, -0.25) is 19.8 Å². The van der Waals surface area contributed by atoms with Crippen molar-refractivity contribution in [3.05, 3.63) is 29.8 Å². The molecule has 0 bridgehead atoms. The van der Waals surface area contributed by atoms with Crippen molar-refractivity contribution >= 4 is 29.5 Å². The number of hydrogen-bond acceptors (Lipinski definition) is 9. The summed E-state index contributed by atoms with van der Waals surface area (Å²) in [6.07, 6.45) is 0.981. The maximum atomic E-state index is 13.6. The minimum Gasteiger partial charge on any atom is -0.480 e.